The van der Waals surface area contributed by atoms with Gasteiger partial charge in [0, 0.05) is 43.0 Å². The van der Waals surface area contributed by atoms with Crippen LogP contribution in [0, 0.1) is 20.8 Å². The Bertz CT molecular complexity index is 1140. The molecule has 3 aromatic rings. The van der Waals surface area contributed by atoms with Crippen molar-refractivity contribution in [3.63, 3.8) is 0 Å². The number of aliphatic carboxylic acids is 1. The van der Waals surface area contributed by atoms with Gasteiger partial charge in [-0.3, -0.25) is 14.5 Å². The molecule has 32 heavy (non-hydrogen) atoms. The first kappa shape index (κ1) is 24.8. The zero-order valence-electron chi connectivity index (χ0n) is 18.5. The van der Waals surface area contributed by atoms with Crippen LogP contribution < -0.4 is 0 Å². The first-order chi connectivity index (χ1) is 14.8. The molecule has 0 spiro atoms. The molecule has 0 fully saturated rings. The predicted octanol–water partition coefficient (Wildman–Crippen LogP) is 4.19. The van der Waals surface area contributed by atoms with Crippen LogP contribution in [0.2, 0.25) is 0 Å². The van der Waals surface area contributed by atoms with Crippen molar-refractivity contribution in [3.8, 4) is 0 Å². The number of hydrogen-bond acceptors (Lipinski definition) is 4. The summed E-state index contributed by atoms with van der Waals surface area (Å²) in [5, 5.41) is 12.3. The number of hydrogen-bond donors (Lipinski definition) is 1. The van der Waals surface area contributed by atoms with E-state index in [0.29, 0.717) is 13.1 Å². The Balaban J connectivity index is 0.000000451. The SMILES string of the molecule is CCN(Cc1cnn(C)c1)C(=O)c1c(C)c(C)nc2ccc(C)cc12.O=C(O)C(F)(F)F. The number of halogens is 3. The third kappa shape index (κ3) is 5.83. The first-order valence-electron chi connectivity index (χ1n) is 9.79. The molecule has 0 aliphatic rings. The molecule has 0 aliphatic heterocycles. The number of aromatic nitrogens is 3. The Morgan fingerprint density at radius 3 is 2.31 bits per heavy atom. The number of carboxylic acid groups (broad SMARTS) is 1. The van der Waals surface area contributed by atoms with E-state index in [1.54, 1.807) is 4.68 Å². The molecule has 1 aromatic carbocycles. The van der Waals surface area contributed by atoms with E-state index in [1.807, 2.05) is 64.2 Å². The zero-order chi connectivity index (χ0) is 24.2. The lowest BCUT2D eigenvalue weighted by Crippen LogP contribution is -2.31. The fourth-order valence-electron chi connectivity index (χ4n) is 3.13. The lowest BCUT2D eigenvalue weighted by atomic mass is 9.99. The van der Waals surface area contributed by atoms with Crippen molar-refractivity contribution in [2.24, 2.45) is 7.05 Å². The molecule has 1 amide bonds. The summed E-state index contributed by atoms with van der Waals surface area (Å²) >= 11 is 0. The molecule has 0 saturated carbocycles. The number of amides is 1. The Morgan fingerprint density at radius 1 is 1.19 bits per heavy atom. The van der Waals surface area contributed by atoms with Gasteiger partial charge in [0.25, 0.3) is 5.91 Å². The van der Waals surface area contributed by atoms with Gasteiger partial charge in [-0.15, -0.1) is 0 Å². The van der Waals surface area contributed by atoms with Crippen molar-refractivity contribution in [3.05, 3.63) is 58.5 Å². The summed E-state index contributed by atoms with van der Waals surface area (Å²) in [6.07, 6.45) is -1.33. The number of carboxylic acids is 1. The molecule has 10 heteroatoms. The quantitative estimate of drug-likeness (QED) is 0.644. The minimum atomic E-state index is -5.08. The fourth-order valence-corrected chi connectivity index (χ4v) is 3.13. The lowest BCUT2D eigenvalue weighted by molar-refractivity contribution is -0.192. The molecule has 0 radical (unpaired) electrons. The highest BCUT2D eigenvalue weighted by atomic mass is 19.4. The third-order valence-corrected chi connectivity index (χ3v) is 4.88. The van der Waals surface area contributed by atoms with Gasteiger partial charge in [-0.1, -0.05) is 11.6 Å². The van der Waals surface area contributed by atoms with E-state index in [4.69, 9.17) is 9.90 Å². The largest absolute Gasteiger partial charge is 0.490 e. The molecular weight excluding hydrogens is 425 g/mol. The number of benzene rings is 1. The summed E-state index contributed by atoms with van der Waals surface area (Å²) in [4.78, 5) is 28.8. The van der Waals surface area contributed by atoms with Gasteiger partial charge in [0.15, 0.2) is 0 Å². The maximum Gasteiger partial charge on any atom is 0.490 e. The molecule has 0 saturated heterocycles. The number of carbonyl (C=O) groups is 2. The summed E-state index contributed by atoms with van der Waals surface area (Å²) < 4.78 is 33.5. The van der Waals surface area contributed by atoms with Gasteiger partial charge in [0.05, 0.1) is 17.3 Å². The molecular formula is C22H25F3N4O3. The van der Waals surface area contributed by atoms with E-state index in [-0.39, 0.29) is 5.91 Å². The molecule has 172 valence electrons. The fraction of sp³-hybridized carbons (Fsp3) is 0.364. The van der Waals surface area contributed by atoms with Crippen molar-refractivity contribution in [2.45, 2.75) is 40.4 Å². The number of alkyl halides is 3. The Morgan fingerprint density at radius 2 is 1.81 bits per heavy atom. The summed E-state index contributed by atoms with van der Waals surface area (Å²) in [6, 6.07) is 6.08. The first-order valence-corrected chi connectivity index (χ1v) is 9.79. The van der Waals surface area contributed by atoms with Crippen LogP contribution in [0.1, 0.15) is 39.7 Å². The van der Waals surface area contributed by atoms with Crippen molar-refractivity contribution in [1.82, 2.24) is 19.7 Å². The molecule has 1 N–H and O–H groups in total. The van der Waals surface area contributed by atoms with Crippen LogP contribution >= 0.6 is 0 Å². The van der Waals surface area contributed by atoms with Crippen LogP contribution in [0.15, 0.2) is 30.6 Å². The van der Waals surface area contributed by atoms with Gasteiger partial charge < -0.3 is 10.0 Å². The molecule has 7 nitrogen and oxygen atoms in total. The number of fused-ring (bicyclic) bond motifs is 1. The maximum atomic E-state index is 13.4. The number of rotatable bonds is 4. The van der Waals surface area contributed by atoms with Gasteiger partial charge in [-0.25, -0.2) is 4.79 Å². The summed E-state index contributed by atoms with van der Waals surface area (Å²) in [5.74, 6) is -2.71. The van der Waals surface area contributed by atoms with Crippen molar-refractivity contribution < 1.29 is 27.9 Å². The maximum absolute atomic E-state index is 13.4. The van der Waals surface area contributed by atoms with E-state index in [9.17, 15) is 18.0 Å². The second-order valence-corrected chi connectivity index (χ2v) is 7.36. The van der Waals surface area contributed by atoms with Gasteiger partial charge in [0.2, 0.25) is 0 Å². The van der Waals surface area contributed by atoms with Crippen molar-refractivity contribution in [2.75, 3.05) is 6.54 Å². The highest BCUT2D eigenvalue weighted by molar-refractivity contribution is 6.07. The molecule has 3 rings (SSSR count). The van der Waals surface area contributed by atoms with Gasteiger partial charge in [-0.2, -0.15) is 18.3 Å². The average Bonchev–Trinajstić information content (AvgIpc) is 3.11. The number of aryl methyl sites for hydroxylation is 3. The summed E-state index contributed by atoms with van der Waals surface area (Å²) in [7, 11) is 1.88. The molecule has 2 aromatic heterocycles. The summed E-state index contributed by atoms with van der Waals surface area (Å²) in [6.45, 7) is 9.18. The number of pyridine rings is 1. The van der Waals surface area contributed by atoms with Crippen LogP contribution in [0.25, 0.3) is 10.9 Å². The normalized spacial score (nSPS) is 11.1. The van der Waals surface area contributed by atoms with Crippen LogP contribution in [-0.2, 0) is 18.4 Å². The second-order valence-electron chi connectivity index (χ2n) is 7.36. The van der Waals surface area contributed by atoms with Gasteiger partial charge >= 0.3 is 12.1 Å². The Kier molecular flexibility index (Phi) is 7.60. The van der Waals surface area contributed by atoms with Crippen LogP contribution in [0.4, 0.5) is 13.2 Å². The van der Waals surface area contributed by atoms with Gasteiger partial charge in [-0.05, 0) is 45.4 Å². The third-order valence-electron chi connectivity index (χ3n) is 4.88. The van der Waals surface area contributed by atoms with Crippen LogP contribution in [0.5, 0.6) is 0 Å². The van der Waals surface area contributed by atoms with Crippen LogP contribution in [0.3, 0.4) is 0 Å². The topological polar surface area (TPSA) is 88.3 Å². The molecule has 0 bridgehead atoms. The monoisotopic (exact) mass is 450 g/mol. The minimum Gasteiger partial charge on any atom is -0.475 e. The van der Waals surface area contributed by atoms with Gasteiger partial charge in [0.1, 0.15) is 0 Å². The smallest absolute Gasteiger partial charge is 0.475 e. The Labute approximate surface area is 183 Å². The van der Waals surface area contributed by atoms with Crippen LogP contribution in [-0.4, -0.2) is 49.4 Å². The highest BCUT2D eigenvalue weighted by Gasteiger charge is 2.38. The molecule has 2 heterocycles. The highest BCUT2D eigenvalue weighted by Crippen LogP contribution is 2.26. The number of nitrogens with zero attached hydrogens (tertiary/aromatic N) is 4. The Hall–Kier alpha value is -3.43. The van der Waals surface area contributed by atoms with E-state index >= 15 is 0 Å². The van der Waals surface area contributed by atoms with E-state index in [1.165, 1.54) is 0 Å². The molecule has 0 atom stereocenters. The summed E-state index contributed by atoms with van der Waals surface area (Å²) in [5.41, 5.74) is 5.64. The predicted molar refractivity (Wildman–Crippen MR) is 113 cm³/mol. The average molecular weight is 450 g/mol. The zero-order valence-corrected chi connectivity index (χ0v) is 18.5. The van der Waals surface area contributed by atoms with E-state index < -0.39 is 12.1 Å². The minimum absolute atomic E-state index is 0.0463. The van der Waals surface area contributed by atoms with E-state index in [0.717, 1.165) is 38.9 Å². The van der Waals surface area contributed by atoms with Crippen molar-refractivity contribution >= 4 is 22.8 Å². The van der Waals surface area contributed by atoms with Crippen molar-refractivity contribution in [1.29, 1.82) is 0 Å². The number of carbonyl (C=O) groups excluding carboxylic acids is 1. The molecule has 0 aliphatic carbocycles. The standard InChI is InChI=1S/C20H24N4O.C2HF3O2/c1-6-24(12-16-10-21-23(5)11-16)20(25)19-14(3)15(4)22-18-8-7-13(2)9-17(18)19;3-2(4,5)1(6)7/h7-11H,6,12H2,1-5H3;(H,6,7). The van der Waals surface area contributed by atoms with E-state index in [2.05, 4.69) is 16.1 Å². The second kappa shape index (κ2) is 9.80. The molecule has 0 unspecified atom stereocenters. The lowest BCUT2D eigenvalue weighted by Gasteiger charge is -2.23.